The average Bonchev–Trinajstić information content (AvgIpc) is 2.48. The molecule has 2 aromatic rings. The topological polar surface area (TPSA) is 94.3 Å². The number of anilines is 1. The maximum absolute atomic E-state index is 12.1. The SMILES string of the molecule is COc1ccc(S(=O)(=O)NCCc2ccccn2)cc1N. The first-order valence-electron chi connectivity index (χ1n) is 6.36. The second-order valence-electron chi connectivity index (χ2n) is 4.37. The van der Waals surface area contributed by atoms with Gasteiger partial charge < -0.3 is 10.5 Å². The lowest BCUT2D eigenvalue weighted by Crippen LogP contribution is -2.26. The predicted octanol–water partition coefficient (Wildman–Crippen LogP) is 1.19. The third kappa shape index (κ3) is 3.93. The lowest BCUT2D eigenvalue weighted by Gasteiger charge is -2.09. The van der Waals surface area contributed by atoms with Gasteiger partial charge in [0.25, 0.3) is 0 Å². The third-order valence-electron chi connectivity index (χ3n) is 2.91. The van der Waals surface area contributed by atoms with Crippen LogP contribution in [0.4, 0.5) is 5.69 Å². The van der Waals surface area contributed by atoms with Crippen LogP contribution < -0.4 is 15.2 Å². The summed E-state index contributed by atoms with van der Waals surface area (Å²) in [6.45, 7) is 0.269. The number of nitrogen functional groups attached to an aromatic ring is 1. The molecule has 0 atom stereocenters. The summed E-state index contributed by atoms with van der Waals surface area (Å²) in [6.07, 6.45) is 2.19. The molecule has 1 aromatic carbocycles. The smallest absolute Gasteiger partial charge is 0.240 e. The second-order valence-corrected chi connectivity index (χ2v) is 6.14. The molecule has 112 valence electrons. The molecule has 0 unspecified atom stereocenters. The minimum Gasteiger partial charge on any atom is -0.495 e. The Bertz CT molecular complexity index is 703. The molecule has 3 N–H and O–H groups in total. The number of benzene rings is 1. The van der Waals surface area contributed by atoms with Crippen LogP contribution in [0.3, 0.4) is 0 Å². The van der Waals surface area contributed by atoms with Gasteiger partial charge in [0.15, 0.2) is 0 Å². The largest absolute Gasteiger partial charge is 0.495 e. The molecule has 0 aliphatic carbocycles. The van der Waals surface area contributed by atoms with Crippen LogP contribution in [0.5, 0.6) is 5.75 Å². The molecule has 0 spiro atoms. The van der Waals surface area contributed by atoms with Crippen LogP contribution in [0.2, 0.25) is 0 Å². The van der Waals surface area contributed by atoms with Crippen LogP contribution in [0.25, 0.3) is 0 Å². The molecule has 0 aliphatic heterocycles. The van der Waals surface area contributed by atoms with Gasteiger partial charge in [0.1, 0.15) is 5.75 Å². The van der Waals surface area contributed by atoms with Gasteiger partial charge in [0.2, 0.25) is 10.0 Å². The summed E-state index contributed by atoms with van der Waals surface area (Å²) in [6, 6.07) is 9.89. The van der Waals surface area contributed by atoms with Gasteiger partial charge in [-0.1, -0.05) is 6.07 Å². The van der Waals surface area contributed by atoms with Gasteiger partial charge in [-0.15, -0.1) is 0 Å². The van der Waals surface area contributed by atoms with Crippen molar-refractivity contribution in [3.8, 4) is 5.75 Å². The first kappa shape index (κ1) is 15.3. The van der Waals surface area contributed by atoms with E-state index in [4.69, 9.17) is 10.5 Å². The normalized spacial score (nSPS) is 11.3. The molecule has 7 heteroatoms. The minimum absolute atomic E-state index is 0.113. The number of nitrogens with one attached hydrogen (secondary N) is 1. The molecule has 0 amide bonds. The van der Waals surface area contributed by atoms with Crippen molar-refractivity contribution in [3.05, 3.63) is 48.3 Å². The zero-order valence-electron chi connectivity index (χ0n) is 11.6. The Labute approximate surface area is 124 Å². The highest BCUT2D eigenvalue weighted by atomic mass is 32.2. The first-order valence-corrected chi connectivity index (χ1v) is 7.84. The lowest BCUT2D eigenvalue weighted by molar-refractivity contribution is 0.416. The van der Waals surface area contributed by atoms with E-state index in [0.29, 0.717) is 12.2 Å². The summed E-state index contributed by atoms with van der Waals surface area (Å²) >= 11 is 0. The highest BCUT2D eigenvalue weighted by Crippen LogP contribution is 2.24. The monoisotopic (exact) mass is 307 g/mol. The Balaban J connectivity index is 2.03. The quantitative estimate of drug-likeness (QED) is 0.782. The molecule has 0 fully saturated rings. The molecule has 0 aliphatic rings. The Morgan fingerprint density at radius 2 is 2.10 bits per heavy atom. The number of hydrogen-bond donors (Lipinski definition) is 2. The molecule has 0 radical (unpaired) electrons. The van der Waals surface area contributed by atoms with Crippen LogP contribution >= 0.6 is 0 Å². The van der Waals surface area contributed by atoms with Crippen LogP contribution in [0.15, 0.2) is 47.5 Å². The van der Waals surface area contributed by atoms with E-state index in [0.717, 1.165) is 5.69 Å². The lowest BCUT2D eigenvalue weighted by atomic mass is 10.3. The minimum atomic E-state index is -3.59. The maximum atomic E-state index is 12.1. The van der Waals surface area contributed by atoms with Crippen LogP contribution in [0.1, 0.15) is 5.69 Å². The molecule has 0 bridgehead atoms. The number of hydrogen-bond acceptors (Lipinski definition) is 5. The number of ether oxygens (including phenoxy) is 1. The maximum Gasteiger partial charge on any atom is 0.240 e. The fourth-order valence-corrected chi connectivity index (χ4v) is 2.89. The molecule has 6 nitrogen and oxygen atoms in total. The Hall–Kier alpha value is -2.12. The van der Waals surface area contributed by atoms with Crippen LogP contribution in [0, 0.1) is 0 Å². The zero-order valence-corrected chi connectivity index (χ0v) is 12.4. The van der Waals surface area contributed by atoms with Gasteiger partial charge in [-0.25, -0.2) is 13.1 Å². The standard InChI is InChI=1S/C14H17N3O3S/c1-20-14-6-5-12(10-13(14)15)21(18,19)17-9-7-11-4-2-3-8-16-11/h2-6,8,10,17H,7,9,15H2,1H3. The van der Waals surface area contributed by atoms with E-state index in [-0.39, 0.29) is 17.1 Å². The van der Waals surface area contributed by atoms with Gasteiger partial charge in [0, 0.05) is 24.9 Å². The van der Waals surface area contributed by atoms with E-state index >= 15 is 0 Å². The number of nitrogens with two attached hydrogens (primary N) is 1. The second kappa shape index (κ2) is 6.55. The van der Waals surface area contributed by atoms with E-state index in [9.17, 15) is 8.42 Å². The third-order valence-corrected chi connectivity index (χ3v) is 4.37. The molecular weight excluding hydrogens is 290 g/mol. The Kier molecular flexibility index (Phi) is 4.77. The zero-order chi connectivity index (χ0) is 15.3. The van der Waals surface area contributed by atoms with Gasteiger partial charge in [-0.2, -0.15) is 0 Å². The highest BCUT2D eigenvalue weighted by molar-refractivity contribution is 7.89. The molecule has 21 heavy (non-hydrogen) atoms. The van der Waals surface area contributed by atoms with Crippen molar-refractivity contribution in [3.63, 3.8) is 0 Å². The van der Waals surface area contributed by atoms with E-state index in [1.54, 1.807) is 6.20 Å². The summed E-state index contributed by atoms with van der Waals surface area (Å²) in [5, 5.41) is 0. The summed E-state index contributed by atoms with van der Waals surface area (Å²) in [5.74, 6) is 0.447. The predicted molar refractivity (Wildman–Crippen MR) is 80.5 cm³/mol. The summed E-state index contributed by atoms with van der Waals surface area (Å²) < 4.78 is 31.8. The molecule has 1 aromatic heterocycles. The molecule has 0 saturated carbocycles. The Morgan fingerprint density at radius 3 is 2.71 bits per heavy atom. The van der Waals surface area contributed by atoms with Crippen LogP contribution in [-0.2, 0) is 16.4 Å². The van der Waals surface area contributed by atoms with Crippen molar-refractivity contribution in [2.24, 2.45) is 0 Å². The number of nitrogens with zero attached hydrogens (tertiary/aromatic N) is 1. The highest BCUT2D eigenvalue weighted by Gasteiger charge is 2.15. The fourth-order valence-electron chi connectivity index (χ4n) is 1.82. The van der Waals surface area contributed by atoms with Gasteiger partial charge in [-0.3, -0.25) is 4.98 Å². The summed E-state index contributed by atoms with van der Waals surface area (Å²) in [5.41, 5.74) is 6.83. The van der Waals surface area contributed by atoms with E-state index < -0.39 is 10.0 Å². The molecular formula is C14H17N3O3S. The van der Waals surface area contributed by atoms with Crippen molar-refractivity contribution in [2.45, 2.75) is 11.3 Å². The van der Waals surface area contributed by atoms with Gasteiger partial charge in [0.05, 0.1) is 17.7 Å². The number of pyridine rings is 1. The van der Waals surface area contributed by atoms with Crippen molar-refractivity contribution in [1.29, 1.82) is 0 Å². The number of rotatable bonds is 6. The number of methoxy groups -OCH3 is 1. The van der Waals surface area contributed by atoms with Gasteiger partial charge in [-0.05, 0) is 30.3 Å². The molecule has 2 rings (SSSR count). The molecule has 0 saturated heterocycles. The van der Waals surface area contributed by atoms with Crippen molar-refractivity contribution >= 4 is 15.7 Å². The first-order chi connectivity index (χ1) is 10.0. The van der Waals surface area contributed by atoms with Crippen molar-refractivity contribution in [2.75, 3.05) is 19.4 Å². The van der Waals surface area contributed by atoms with Crippen molar-refractivity contribution in [1.82, 2.24) is 9.71 Å². The van der Waals surface area contributed by atoms with E-state index in [1.165, 1.54) is 25.3 Å². The van der Waals surface area contributed by atoms with E-state index in [1.807, 2.05) is 18.2 Å². The summed E-state index contributed by atoms with van der Waals surface area (Å²) in [4.78, 5) is 4.25. The van der Waals surface area contributed by atoms with E-state index in [2.05, 4.69) is 9.71 Å². The Morgan fingerprint density at radius 1 is 1.29 bits per heavy atom. The van der Waals surface area contributed by atoms with Crippen LogP contribution in [-0.4, -0.2) is 27.1 Å². The molecule has 1 heterocycles. The number of aromatic nitrogens is 1. The van der Waals surface area contributed by atoms with Gasteiger partial charge >= 0.3 is 0 Å². The summed E-state index contributed by atoms with van der Waals surface area (Å²) in [7, 11) is -2.11. The average molecular weight is 307 g/mol. The van der Waals surface area contributed by atoms with Crippen molar-refractivity contribution < 1.29 is 13.2 Å². The number of sulfonamides is 1. The fraction of sp³-hybridized carbons (Fsp3) is 0.214.